The van der Waals surface area contributed by atoms with Crippen molar-refractivity contribution in [3.8, 4) is 5.75 Å². The van der Waals surface area contributed by atoms with Crippen molar-refractivity contribution in [3.63, 3.8) is 0 Å². The largest absolute Gasteiger partial charge is 0.541 e. The average molecular weight is 423 g/mol. The fraction of sp³-hybridized carbons (Fsp3) is 0.600. The molecule has 2 rings (SSSR count). The molecule has 30 heavy (non-hydrogen) atoms. The van der Waals surface area contributed by atoms with E-state index in [0.29, 0.717) is 26.4 Å². The van der Waals surface area contributed by atoms with Gasteiger partial charge in [0.2, 0.25) is 6.79 Å². The topological polar surface area (TPSA) is 113 Å². The molecule has 0 radical (unpaired) electrons. The first-order valence-corrected chi connectivity index (χ1v) is 10.1. The number of esters is 2. The van der Waals surface area contributed by atoms with E-state index in [2.05, 4.69) is 5.32 Å². The van der Waals surface area contributed by atoms with Gasteiger partial charge in [-0.25, -0.2) is 9.59 Å². The highest BCUT2D eigenvalue weighted by Gasteiger charge is 2.37. The monoisotopic (exact) mass is 423 g/mol. The molecule has 2 N–H and O–H groups in total. The molecule has 0 amide bonds. The molecular formula is C20H30BNO8. The summed E-state index contributed by atoms with van der Waals surface area (Å²) in [5.74, 6) is -1.48. The Hall–Kier alpha value is -2.14. The van der Waals surface area contributed by atoms with Crippen LogP contribution in [0.5, 0.6) is 5.75 Å². The van der Waals surface area contributed by atoms with E-state index < -0.39 is 31.5 Å². The maximum atomic E-state index is 12.5. The van der Waals surface area contributed by atoms with Gasteiger partial charge >= 0.3 is 19.1 Å². The third kappa shape index (κ3) is 6.43. The third-order valence-corrected chi connectivity index (χ3v) is 4.51. The molecular weight excluding hydrogens is 393 g/mol. The number of carbonyl (C=O) groups is 2. The van der Waals surface area contributed by atoms with Crippen LogP contribution in [0.15, 0.2) is 18.2 Å². The van der Waals surface area contributed by atoms with E-state index in [1.165, 1.54) is 6.07 Å². The van der Waals surface area contributed by atoms with Crippen molar-refractivity contribution in [3.05, 3.63) is 29.3 Å². The zero-order valence-corrected chi connectivity index (χ0v) is 17.9. The van der Waals surface area contributed by atoms with Gasteiger partial charge in [0.15, 0.2) is 5.60 Å². The lowest BCUT2D eigenvalue weighted by atomic mass is 9.72. The Bertz CT molecular complexity index is 727. The molecule has 1 aliphatic heterocycles. The zero-order chi connectivity index (χ0) is 22.1. The number of ether oxygens (including phenoxy) is 4. The number of hydrogen-bond donors (Lipinski definition) is 2. The van der Waals surface area contributed by atoms with E-state index in [0.717, 1.165) is 12.0 Å². The van der Waals surface area contributed by atoms with Crippen molar-refractivity contribution < 1.29 is 38.2 Å². The minimum atomic E-state index is -1.15. The van der Waals surface area contributed by atoms with Crippen LogP contribution in [0.25, 0.3) is 0 Å². The third-order valence-electron chi connectivity index (χ3n) is 4.51. The summed E-state index contributed by atoms with van der Waals surface area (Å²) < 4.78 is 26.3. The van der Waals surface area contributed by atoms with E-state index in [9.17, 15) is 14.6 Å². The molecule has 0 saturated carbocycles. The van der Waals surface area contributed by atoms with Crippen molar-refractivity contribution in [2.75, 3.05) is 26.7 Å². The van der Waals surface area contributed by atoms with Crippen LogP contribution in [0, 0.1) is 0 Å². The summed E-state index contributed by atoms with van der Waals surface area (Å²) in [6.07, 6.45) is 1.35. The van der Waals surface area contributed by atoms with Crippen LogP contribution in [-0.4, -0.2) is 62.4 Å². The predicted octanol–water partition coefficient (Wildman–Crippen LogP) is 1.46. The Labute approximate surface area is 177 Å². The Balaban J connectivity index is 1.95. The quantitative estimate of drug-likeness (QED) is 0.236. The SMILES string of the molecule is CCCOCN[C@H]1Cc2cccc(C(=O)OCOC(=O)C(C)(C)OCC)c2OB1O. The maximum Gasteiger partial charge on any atom is 0.541 e. The molecule has 0 bridgehead atoms. The fourth-order valence-electron chi connectivity index (χ4n) is 2.95. The number of rotatable bonds is 11. The molecule has 0 unspecified atom stereocenters. The number of carbonyl (C=O) groups excluding carboxylic acids is 2. The molecule has 0 aliphatic carbocycles. The molecule has 1 aliphatic rings. The Morgan fingerprint density at radius 1 is 1.30 bits per heavy atom. The molecule has 1 heterocycles. The summed E-state index contributed by atoms with van der Waals surface area (Å²) in [6, 6.07) is 5.04. The Morgan fingerprint density at radius 2 is 2.07 bits per heavy atom. The molecule has 166 valence electrons. The van der Waals surface area contributed by atoms with Crippen molar-refractivity contribution in [2.24, 2.45) is 0 Å². The predicted molar refractivity (Wildman–Crippen MR) is 109 cm³/mol. The van der Waals surface area contributed by atoms with Crippen LogP contribution in [0.3, 0.4) is 0 Å². The highest BCUT2D eigenvalue weighted by molar-refractivity contribution is 6.46. The van der Waals surface area contributed by atoms with Crippen LogP contribution < -0.4 is 9.97 Å². The number of hydrogen-bond acceptors (Lipinski definition) is 9. The van der Waals surface area contributed by atoms with E-state index in [4.69, 9.17) is 23.6 Å². The molecule has 1 aromatic rings. The number of fused-ring (bicyclic) bond motifs is 1. The van der Waals surface area contributed by atoms with Gasteiger partial charge in [0, 0.05) is 13.2 Å². The zero-order valence-electron chi connectivity index (χ0n) is 17.9. The summed E-state index contributed by atoms with van der Waals surface area (Å²) in [7, 11) is -1.15. The van der Waals surface area contributed by atoms with Crippen molar-refractivity contribution >= 4 is 19.1 Å². The lowest BCUT2D eigenvalue weighted by molar-refractivity contribution is -0.175. The Morgan fingerprint density at radius 3 is 2.77 bits per heavy atom. The van der Waals surface area contributed by atoms with E-state index in [-0.39, 0.29) is 17.3 Å². The van der Waals surface area contributed by atoms with E-state index >= 15 is 0 Å². The highest BCUT2D eigenvalue weighted by atomic mass is 16.7. The summed E-state index contributed by atoms with van der Waals surface area (Å²) in [6.45, 7) is 7.62. The molecule has 1 atom stereocenters. The first-order valence-electron chi connectivity index (χ1n) is 10.1. The first-order chi connectivity index (χ1) is 14.3. The minimum Gasteiger partial charge on any atom is -0.534 e. The van der Waals surface area contributed by atoms with E-state index in [1.807, 2.05) is 13.0 Å². The highest BCUT2D eigenvalue weighted by Crippen LogP contribution is 2.30. The average Bonchev–Trinajstić information content (AvgIpc) is 2.70. The molecule has 0 saturated heterocycles. The standard InChI is InChI=1S/C20H30BNO8/c1-5-10-26-12-22-16-11-14-8-7-9-15(17(14)30-21(16)25)18(23)27-13-28-19(24)20(3,4)29-6-2/h7-9,16,22,25H,5-6,10-13H2,1-4H3/t16-/m0/s1. The van der Waals surface area contributed by atoms with Gasteiger partial charge in [0.1, 0.15) is 11.3 Å². The second-order valence-electron chi connectivity index (χ2n) is 7.29. The lowest BCUT2D eigenvalue weighted by Gasteiger charge is -2.29. The Kier molecular flexibility index (Phi) is 9.10. The van der Waals surface area contributed by atoms with Gasteiger partial charge in [0.05, 0.1) is 12.7 Å². The van der Waals surface area contributed by atoms with Gasteiger partial charge in [0.25, 0.3) is 0 Å². The van der Waals surface area contributed by atoms with Crippen LogP contribution in [0.4, 0.5) is 0 Å². The first kappa shape index (κ1) is 24.1. The van der Waals surface area contributed by atoms with Crippen molar-refractivity contribution in [1.29, 1.82) is 0 Å². The molecule has 10 heteroatoms. The number of benzene rings is 1. The number of nitrogens with one attached hydrogen (secondary N) is 1. The van der Waals surface area contributed by atoms with Gasteiger partial charge in [-0.3, -0.25) is 5.32 Å². The van der Waals surface area contributed by atoms with Gasteiger partial charge in [-0.15, -0.1) is 0 Å². The van der Waals surface area contributed by atoms with Gasteiger partial charge in [-0.1, -0.05) is 19.1 Å². The normalized spacial score (nSPS) is 15.9. The van der Waals surface area contributed by atoms with Crippen LogP contribution in [0.1, 0.15) is 50.0 Å². The molecule has 9 nitrogen and oxygen atoms in total. The number of para-hydroxylation sites is 1. The summed E-state index contributed by atoms with van der Waals surface area (Å²) >= 11 is 0. The molecule has 0 spiro atoms. The van der Waals surface area contributed by atoms with E-state index in [1.54, 1.807) is 26.8 Å². The summed E-state index contributed by atoms with van der Waals surface area (Å²) in [4.78, 5) is 24.5. The van der Waals surface area contributed by atoms with Crippen LogP contribution in [0.2, 0.25) is 0 Å². The second-order valence-corrected chi connectivity index (χ2v) is 7.29. The molecule has 0 aromatic heterocycles. The van der Waals surface area contributed by atoms with Crippen molar-refractivity contribution in [1.82, 2.24) is 5.32 Å². The molecule has 0 fully saturated rings. The summed E-state index contributed by atoms with van der Waals surface area (Å²) in [5, 5.41) is 13.4. The van der Waals surface area contributed by atoms with Gasteiger partial charge in [-0.2, -0.15) is 0 Å². The van der Waals surface area contributed by atoms with Gasteiger partial charge < -0.3 is 28.6 Å². The van der Waals surface area contributed by atoms with Crippen LogP contribution in [-0.2, 0) is 30.2 Å². The van der Waals surface area contributed by atoms with Crippen LogP contribution >= 0.6 is 0 Å². The van der Waals surface area contributed by atoms with Crippen molar-refractivity contribution in [2.45, 2.75) is 52.1 Å². The fourth-order valence-corrected chi connectivity index (χ4v) is 2.95. The molecule has 1 aromatic carbocycles. The minimum absolute atomic E-state index is 0.146. The maximum absolute atomic E-state index is 12.5. The second kappa shape index (κ2) is 11.3. The lowest BCUT2D eigenvalue weighted by Crippen LogP contribution is -2.51. The van der Waals surface area contributed by atoms with Gasteiger partial charge in [-0.05, 0) is 45.2 Å². The smallest absolute Gasteiger partial charge is 0.534 e. The summed E-state index contributed by atoms with van der Waals surface area (Å²) in [5.41, 5.74) is -0.243.